The van der Waals surface area contributed by atoms with Crippen LogP contribution in [0.2, 0.25) is 10.0 Å². The zero-order valence-electron chi connectivity index (χ0n) is 17.6. The van der Waals surface area contributed by atoms with Crippen molar-refractivity contribution in [3.8, 4) is 11.5 Å². The number of amides is 1. The van der Waals surface area contributed by atoms with Crippen molar-refractivity contribution in [3.63, 3.8) is 0 Å². The van der Waals surface area contributed by atoms with Crippen molar-refractivity contribution in [2.45, 2.75) is 4.90 Å². The number of carbonyl (C=O) groups excluding carboxylic acids is 1. The van der Waals surface area contributed by atoms with E-state index in [2.05, 4.69) is 26.5 Å². The van der Waals surface area contributed by atoms with Gasteiger partial charge < -0.3 is 9.84 Å². The fourth-order valence-corrected chi connectivity index (χ4v) is 5.35. The lowest BCUT2D eigenvalue weighted by Crippen LogP contribution is -2.39. The molecular formula is C22H18BrCl2N3O5S. The van der Waals surface area contributed by atoms with Gasteiger partial charge in [-0.2, -0.15) is 5.10 Å². The number of carbonyl (C=O) groups is 1. The Bertz CT molecular complexity index is 1340. The molecule has 178 valence electrons. The van der Waals surface area contributed by atoms with E-state index in [1.54, 1.807) is 24.3 Å². The molecule has 12 heteroatoms. The van der Waals surface area contributed by atoms with Crippen LogP contribution in [0.15, 0.2) is 75.1 Å². The van der Waals surface area contributed by atoms with Crippen LogP contribution >= 0.6 is 39.1 Å². The molecule has 0 unspecified atom stereocenters. The summed E-state index contributed by atoms with van der Waals surface area (Å²) in [5.74, 6) is -0.587. The van der Waals surface area contributed by atoms with E-state index in [0.717, 1.165) is 4.31 Å². The van der Waals surface area contributed by atoms with Gasteiger partial charge in [-0.25, -0.2) is 13.8 Å². The molecule has 1 amide bonds. The summed E-state index contributed by atoms with van der Waals surface area (Å²) in [6, 6.07) is 15.0. The number of methoxy groups -OCH3 is 1. The Balaban J connectivity index is 1.86. The number of aromatic hydroxyl groups is 1. The fraction of sp³-hybridized carbons (Fsp3) is 0.0909. The highest BCUT2D eigenvalue weighted by molar-refractivity contribution is 9.10. The highest BCUT2D eigenvalue weighted by Gasteiger charge is 2.28. The molecule has 0 aliphatic rings. The summed E-state index contributed by atoms with van der Waals surface area (Å²) in [7, 11) is -2.74. The number of nitrogens with zero attached hydrogens (tertiary/aromatic N) is 2. The van der Waals surface area contributed by atoms with Gasteiger partial charge in [0, 0.05) is 5.02 Å². The fourth-order valence-electron chi connectivity index (χ4n) is 2.87. The second-order valence-corrected chi connectivity index (χ2v) is 10.3. The molecule has 0 heterocycles. The van der Waals surface area contributed by atoms with Crippen LogP contribution in [0, 0.1) is 0 Å². The van der Waals surface area contributed by atoms with Gasteiger partial charge in [-0.15, -0.1) is 0 Å². The average Bonchev–Trinajstić information content (AvgIpc) is 2.80. The number of rotatable bonds is 8. The molecule has 2 N–H and O–H groups in total. The zero-order valence-corrected chi connectivity index (χ0v) is 21.5. The van der Waals surface area contributed by atoms with E-state index in [1.807, 2.05) is 0 Å². The molecule has 3 rings (SSSR count). The Morgan fingerprint density at radius 1 is 1.18 bits per heavy atom. The monoisotopic (exact) mass is 585 g/mol. The quantitative estimate of drug-likeness (QED) is 0.291. The minimum absolute atomic E-state index is 0.0154. The Labute approximate surface area is 214 Å². The Hall–Kier alpha value is -2.79. The molecule has 0 fully saturated rings. The molecule has 8 nitrogen and oxygen atoms in total. The molecule has 0 spiro atoms. The minimum atomic E-state index is -4.14. The number of halogens is 3. The minimum Gasteiger partial charge on any atom is -0.503 e. The summed E-state index contributed by atoms with van der Waals surface area (Å²) in [5, 5.41) is 14.1. The topological polar surface area (TPSA) is 108 Å². The maximum Gasteiger partial charge on any atom is 0.264 e. The number of phenolic OH excluding ortho intramolecular Hbond substituents is 1. The number of ether oxygens (including phenoxy) is 1. The molecule has 3 aromatic carbocycles. The van der Waals surface area contributed by atoms with Crippen molar-refractivity contribution in [1.29, 1.82) is 0 Å². The molecule has 34 heavy (non-hydrogen) atoms. The van der Waals surface area contributed by atoms with Crippen molar-refractivity contribution < 1.29 is 23.1 Å². The standard InChI is InChI=1S/C22H18BrCl2N3O5S/c1-33-20-10-14(9-17(23)22(20)30)12-26-27-21(29)13-28(19-8-7-15(24)11-18(19)25)34(31,32)16-5-3-2-4-6-16/h2-12,30H,13H2,1H3,(H,27,29)/b26-12-. The van der Waals surface area contributed by atoms with Crippen molar-refractivity contribution >= 4 is 67.0 Å². The zero-order chi connectivity index (χ0) is 24.9. The first-order valence-corrected chi connectivity index (χ1v) is 12.5. The Kier molecular flexibility index (Phi) is 8.42. The predicted molar refractivity (Wildman–Crippen MR) is 136 cm³/mol. The number of hydrazone groups is 1. The lowest BCUT2D eigenvalue weighted by Gasteiger charge is -2.24. The summed E-state index contributed by atoms with van der Waals surface area (Å²) in [6.07, 6.45) is 1.32. The number of hydrogen-bond donors (Lipinski definition) is 2. The molecule has 3 aromatic rings. The summed E-state index contributed by atoms with van der Waals surface area (Å²) >= 11 is 15.4. The number of sulfonamides is 1. The van der Waals surface area contributed by atoms with Gasteiger partial charge in [0.1, 0.15) is 6.54 Å². The lowest BCUT2D eigenvalue weighted by molar-refractivity contribution is -0.119. The van der Waals surface area contributed by atoms with Crippen molar-refractivity contribution in [3.05, 3.63) is 80.7 Å². The molecule has 0 aliphatic heterocycles. The third-order valence-electron chi connectivity index (χ3n) is 4.47. The van der Waals surface area contributed by atoms with Gasteiger partial charge in [-0.1, -0.05) is 41.4 Å². The summed E-state index contributed by atoms with van der Waals surface area (Å²) in [4.78, 5) is 12.6. The number of nitrogens with one attached hydrogen (secondary N) is 1. The van der Waals surface area contributed by atoms with E-state index in [0.29, 0.717) is 15.1 Å². The van der Waals surface area contributed by atoms with Gasteiger partial charge in [0.25, 0.3) is 15.9 Å². The largest absolute Gasteiger partial charge is 0.503 e. The number of hydrogen-bond acceptors (Lipinski definition) is 6. The first-order chi connectivity index (χ1) is 16.1. The van der Waals surface area contributed by atoms with Crippen LogP contribution in [0.25, 0.3) is 0 Å². The second kappa shape index (κ2) is 11.1. The molecule has 0 bridgehead atoms. The molecule has 0 saturated heterocycles. The van der Waals surface area contributed by atoms with E-state index >= 15 is 0 Å². The van der Waals surface area contributed by atoms with E-state index in [4.69, 9.17) is 27.9 Å². The maximum absolute atomic E-state index is 13.3. The first kappa shape index (κ1) is 25.8. The maximum atomic E-state index is 13.3. The smallest absolute Gasteiger partial charge is 0.264 e. The Morgan fingerprint density at radius 2 is 1.88 bits per heavy atom. The van der Waals surface area contributed by atoms with Crippen molar-refractivity contribution in [2.75, 3.05) is 18.0 Å². The van der Waals surface area contributed by atoms with Crippen LogP contribution in [-0.2, 0) is 14.8 Å². The third kappa shape index (κ3) is 6.01. The van der Waals surface area contributed by atoms with Crippen LogP contribution in [-0.4, -0.2) is 39.3 Å². The average molecular weight is 587 g/mol. The van der Waals surface area contributed by atoms with Gasteiger partial charge in [-0.3, -0.25) is 9.10 Å². The first-order valence-electron chi connectivity index (χ1n) is 9.54. The molecule has 0 atom stereocenters. The summed E-state index contributed by atoms with van der Waals surface area (Å²) in [6.45, 7) is -0.599. The van der Waals surface area contributed by atoms with Gasteiger partial charge in [0.05, 0.1) is 33.4 Å². The van der Waals surface area contributed by atoms with Crippen LogP contribution in [0.3, 0.4) is 0 Å². The summed E-state index contributed by atoms with van der Waals surface area (Å²) < 4.78 is 33.0. The van der Waals surface area contributed by atoms with E-state index in [1.165, 1.54) is 49.7 Å². The van der Waals surface area contributed by atoms with Gasteiger partial charge in [0.2, 0.25) is 0 Å². The Morgan fingerprint density at radius 3 is 2.53 bits per heavy atom. The van der Waals surface area contributed by atoms with Crippen LogP contribution < -0.4 is 14.5 Å². The number of anilines is 1. The predicted octanol–water partition coefficient (Wildman–Crippen LogP) is 4.82. The lowest BCUT2D eigenvalue weighted by atomic mass is 10.2. The third-order valence-corrected chi connectivity index (χ3v) is 7.39. The van der Waals surface area contributed by atoms with Crippen LogP contribution in [0.5, 0.6) is 11.5 Å². The van der Waals surface area contributed by atoms with E-state index in [9.17, 15) is 18.3 Å². The molecule has 0 radical (unpaired) electrons. The van der Waals surface area contributed by atoms with Gasteiger partial charge in [-0.05, 0) is 64.0 Å². The van der Waals surface area contributed by atoms with E-state index in [-0.39, 0.29) is 27.1 Å². The highest BCUT2D eigenvalue weighted by Crippen LogP contribution is 2.35. The van der Waals surface area contributed by atoms with Gasteiger partial charge >= 0.3 is 0 Å². The number of phenols is 1. The van der Waals surface area contributed by atoms with Crippen LogP contribution in [0.1, 0.15) is 5.56 Å². The van der Waals surface area contributed by atoms with Crippen molar-refractivity contribution in [2.24, 2.45) is 5.10 Å². The second-order valence-electron chi connectivity index (χ2n) is 6.77. The molecule has 0 aromatic heterocycles. The van der Waals surface area contributed by atoms with Crippen LogP contribution in [0.4, 0.5) is 5.69 Å². The normalized spacial score (nSPS) is 11.4. The van der Waals surface area contributed by atoms with Crippen molar-refractivity contribution in [1.82, 2.24) is 5.43 Å². The molecule has 0 aliphatic carbocycles. The van der Waals surface area contributed by atoms with Gasteiger partial charge in [0.15, 0.2) is 11.5 Å². The SMILES string of the molecule is COc1cc(/C=N\NC(=O)CN(c2ccc(Cl)cc2Cl)S(=O)(=O)c2ccccc2)cc(Br)c1O. The van der Waals surface area contributed by atoms with E-state index < -0.39 is 22.5 Å². The number of benzene rings is 3. The highest BCUT2D eigenvalue weighted by atomic mass is 79.9. The molecular weight excluding hydrogens is 569 g/mol. The molecule has 0 saturated carbocycles. The summed E-state index contributed by atoms with van der Waals surface area (Å²) in [5.41, 5.74) is 2.89.